The van der Waals surface area contributed by atoms with Crippen molar-refractivity contribution in [3.63, 3.8) is 0 Å². The third-order valence-electron chi connectivity index (χ3n) is 3.11. The van der Waals surface area contributed by atoms with Crippen molar-refractivity contribution < 1.29 is 8.42 Å². The van der Waals surface area contributed by atoms with Gasteiger partial charge in [0.05, 0.1) is 11.5 Å². The lowest BCUT2D eigenvalue weighted by molar-refractivity contribution is 0.600. The smallest absolute Gasteiger partial charge is 0.166 e. The van der Waals surface area contributed by atoms with Gasteiger partial charge in [-0.1, -0.05) is 30.3 Å². The van der Waals surface area contributed by atoms with Gasteiger partial charge in [-0.05, 0) is 30.6 Å². The average Bonchev–Trinajstić information content (AvgIpc) is 2.70. The van der Waals surface area contributed by atoms with Gasteiger partial charge in [-0.2, -0.15) is 0 Å². The summed E-state index contributed by atoms with van der Waals surface area (Å²) in [4.78, 5) is 0. The Morgan fingerprint density at radius 1 is 1.32 bits per heavy atom. The normalized spacial score (nSPS) is 20.9. The van der Waals surface area contributed by atoms with E-state index in [1.807, 2.05) is 18.2 Å². The van der Waals surface area contributed by atoms with Crippen LogP contribution in [0.3, 0.4) is 0 Å². The lowest BCUT2D eigenvalue weighted by Gasteiger charge is -2.14. The van der Waals surface area contributed by atoms with Crippen LogP contribution in [0.25, 0.3) is 0 Å². The van der Waals surface area contributed by atoms with Crippen LogP contribution in [0.4, 0.5) is 0 Å². The summed E-state index contributed by atoms with van der Waals surface area (Å²) in [5.41, 5.74) is 1.25. The number of thiocarbonyl (C=S) groups is 1. The summed E-state index contributed by atoms with van der Waals surface area (Å²) in [5, 5.41) is 6.71. The summed E-state index contributed by atoms with van der Waals surface area (Å²) in [7, 11) is -2.85. The highest BCUT2D eigenvalue weighted by Gasteiger charge is 2.27. The van der Waals surface area contributed by atoms with E-state index in [0.29, 0.717) is 11.5 Å². The Bertz CT molecular complexity index is 529. The Morgan fingerprint density at radius 3 is 2.68 bits per heavy atom. The van der Waals surface area contributed by atoms with Gasteiger partial charge < -0.3 is 10.6 Å². The third-order valence-corrected chi connectivity index (χ3v) is 5.14. The zero-order valence-electron chi connectivity index (χ0n) is 10.6. The van der Waals surface area contributed by atoms with E-state index in [1.165, 1.54) is 5.56 Å². The van der Waals surface area contributed by atoms with Gasteiger partial charge in [0.2, 0.25) is 0 Å². The molecule has 4 nitrogen and oxygen atoms in total. The van der Waals surface area contributed by atoms with Crippen LogP contribution in [0.5, 0.6) is 0 Å². The number of hydrogen-bond acceptors (Lipinski definition) is 3. The number of nitrogens with one attached hydrogen (secondary N) is 2. The Labute approximate surface area is 119 Å². The number of sulfone groups is 1. The van der Waals surface area contributed by atoms with Crippen LogP contribution in [-0.4, -0.2) is 37.6 Å². The van der Waals surface area contributed by atoms with Crippen molar-refractivity contribution in [2.75, 3.05) is 18.1 Å². The van der Waals surface area contributed by atoms with Gasteiger partial charge in [0.25, 0.3) is 0 Å². The molecule has 1 heterocycles. The molecule has 19 heavy (non-hydrogen) atoms. The van der Waals surface area contributed by atoms with E-state index >= 15 is 0 Å². The van der Waals surface area contributed by atoms with E-state index in [4.69, 9.17) is 12.2 Å². The van der Waals surface area contributed by atoms with Crippen molar-refractivity contribution in [1.29, 1.82) is 0 Å². The highest BCUT2D eigenvalue weighted by molar-refractivity contribution is 7.91. The molecule has 6 heteroatoms. The van der Waals surface area contributed by atoms with E-state index in [0.717, 1.165) is 13.0 Å². The monoisotopic (exact) mass is 298 g/mol. The lowest BCUT2D eigenvalue weighted by Crippen LogP contribution is -2.43. The van der Waals surface area contributed by atoms with Crippen molar-refractivity contribution >= 4 is 27.2 Å². The largest absolute Gasteiger partial charge is 0.362 e. The van der Waals surface area contributed by atoms with E-state index in [-0.39, 0.29) is 17.5 Å². The molecule has 2 rings (SSSR count). The lowest BCUT2D eigenvalue weighted by atomic mass is 10.1. The maximum Gasteiger partial charge on any atom is 0.166 e. The van der Waals surface area contributed by atoms with Gasteiger partial charge in [-0.3, -0.25) is 0 Å². The molecule has 0 amide bonds. The van der Waals surface area contributed by atoms with Gasteiger partial charge in [0.15, 0.2) is 14.9 Å². The Kier molecular flexibility index (Phi) is 4.76. The molecule has 1 aliphatic heterocycles. The number of hydrogen-bond donors (Lipinski definition) is 2. The molecule has 0 spiro atoms. The Hall–Kier alpha value is -1.14. The van der Waals surface area contributed by atoms with Crippen LogP contribution in [0.1, 0.15) is 12.0 Å². The molecule has 0 radical (unpaired) electrons. The minimum atomic E-state index is -2.85. The van der Waals surface area contributed by atoms with Gasteiger partial charge in [0.1, 0.15) is 0 Å². The van der Waals surface area contributed by atoms with Crippen molar-refractivity contribution in [3.8, 4) is 0 Å². The summed E-state index contributed by atoms with van der Waals surface area (Å²) in [6, 6.07) is 10.1. The average molecular weight is 298 g/mol. The SMILES string of the molecule is O=S1(=O)CC[C@H](NC(=S)NCCc2ccccc2)C1. The zero-order chi connectivity index (χ0) is 13.7. The molecule has 1 atom stereocenters. The van der Waals surface area contributed by atoms with Crippen molar-refractivity contribution in [2.45, 2.75) is 18.9 Å². The van der Waals surface area contributed by atoms with Gasteiger partial charge in [-0.15, -0.1) is 0 Å². The molecule has 1 saturated heterocycles. The van der Waals surface area contributed by atoms with E-state index < -0.39 is 9.84 Å². The number of rotatable bonds is 4. The van der Waals surface area contributed by atoms with Crippen molar-refractivity contribution in [1.82, 2.24) is 10.6 Å². The first-order valence-electron chi connectivity index (χ1n) is 6.34. The molecule has 0 unspecified atom stereocenters. The molecule has 0 bridgehead atoms. The molecule has 1 aliphatic rings. The van der Waals surface area contributed by atoms with Crippen molar-refractivity contribution in [2.24, 2.45) is 0 Å². The predicted octanol–water partition coefficient (Wildman–Crippen LogP) is 0.880. The third kappa shape index (κ3) is 4.80. The summed E-state index contributed by atoms with van der Waals surface area (Å²) >= 11 is 5.16. The number of benzene rings is 1. The molecule has 0 aromatic heterocycles. The van der Waals surface area contributed by atoms with E-state index in [1.54, 1.807) is 0 Å². The summed E-state index contributed by atoms with van der Waals surface area (Å²) in [6.45, 7) is 0.745. The highest BCUT2D eigenvalue weighted by Crippen LogP contribution is 2.10. The van der Waals surface area contributed by atoms with Gasteiger partial charge in [0, 0.05) is 12.6 Å². The van der Waals surface area contributed by atoms with E-state index in [2.05, 4.69) is 22.8 Å². The molecule has 1 aromatic carbocycles. The topological polar surface area (TPSA) is 58.2 Å². The maximum atomic E-state index is 11.3. The quantitative estimate of drug-likeness (QED) is 0.808. The fourth-order valence-electron chi connectivity index (χ4n) is 2.11. The second-order valence-corrected chi connectivity index (χ2v) is 7.37. The van der Waals surface area contributed by atoms with Gasteiger partial charge >= 0.3 is 0 Å². The molecule has 0 aliphatic carbocycles. The standard InChI is InChI=1S/C13H18N2O2S2/c16-19(17)9-7-12(10-19)15-13(18)14-8-6-11-4-2-1-3-5-11/h1-5,12H,6-10H2,(H2,14,15,18)/t12-/m0/s1. The fourth-order valence-corrected chi connectivity index (χ4v) is 4.05. The summed E-state index contributed by atoms with van der Waals surface area (Å²) in [5.74, 6) is 0.449. The van der Waals surface area contributed by atoms with E-state index in [9.17, 15) is 8.42 Å². The fraction of sp³-hybridized carbons (Fsp3) is 0.462. The maximum absolute atomic E-state index is 11.3. The molecule has 2 N–H and O–H groups in total. The highest BCUT2D eigenvalue weighted by atomic mass is 32.2. The molecule has 104 valence electrons. The molecular weight excluding hydrogens is 280 g/mol. The first kappa shape index (κ1) is 14.3. The van der Waals surface area contributed by atoms with Crippen LogP contribution in [0.2, 0.25) is 0 Å². The molecule has 1 fully saturated rings. The van der Waals surface area contributed by atoms with Crippen LogP contribution in [0, 0.1) is 0 Å². The summed E-state index contributed by atoms with van der Waals surface area (Å²) in [6.07, 6.45) is 1.54. The zero-order valence-corrected chi connectivity index (χ0v) is 12.3. The Balaban J connectivity index is 1.68. The van der Waals surface area contributed by atoms with Gasteiger partial charge in [-0.25, -0.2) is 8.42 Å². The first-order valence-corrected chi connectivity index (χ1v) is 8.57. The molecule has 1 aromatic rings. The minimum Gasteiger partial charge on any atom is -0.362 e. The van der Waals surface area contributed by atoms with Crippen molar-refractivity contribution in [3.05, 3.63) is 35.9 Å². The Morgan fingerprint density at radius 2 is 2.05 bits per heavy atom. The minimum absolute atomic E-state index is 0.0401. The van der Waals surface area contributed by atoms with Crippen LogP contribution in [0.15, 0.2) is 30.3 Å². The second kappa shape index (κ2) is 6.34. The second-order valence-electron chi connectivity index (χ2n) is 4.74. The first-order chi connectivity index (χ1) is 9.05. The van der Waals surface area contributed by atoms with Crippen LogP contribution < -0.4 is 10.6 Å². The van der Waals surface area contributed by atoms with Crippen LogP contribution in [-0.2, 0) is 16.3 Å². The molecule has 0 saturated carbocycles. The molecular formula is C13H18N2O2S2. The summed E-state index contributed by atoms with van der Waals surface area (Å²) < 4.78 is 22.6. The van der Waals surface area contributed by atoms with Crippen LogP contribution >= 0.6 is 12.2 Å². The predicted molar refractivity (Wildman–Crippen MR) is 80.9 cm³/mol.